The van der Waals surface area contributed by atoms with E-state index >= 15 is 0 Å². The first-order valence-electron chi connectivity index (χ1n) is 5.69. The zero-order chi connectivity index (χ0) is 13.7. The van der Waals surface area contributed by atoms with Crippen LogP contribution in [0.2, 0.25) is 0 Å². The van der Waals surface area contributed by atoms with Crippen LogP contribution < -0.4 is 14.8 Å². The third-order valence-corrected chi connectivity index (χ3v) is 2.56. The van der Waals surface area contributed by atoms with Crippen molar-refractivity contribution in [1.29, 1.82) is 0 Å². The van der Waals surface area contributed by atoms with Crippen LogP contribution in [-0.2, 0) is 0 Å². The average molecular weight is 258 g/mol. The monoisotopic (exact) mass is 258 g/mol. The second-order valence-corrected chi connectivity index (χ2v) is 3.71. The molecule has 0 spiro atoms. The molecule has 0 unspecified atom stereocenters. The summed E-state index contributed by atoms with van der Waals surface area (Å²) in [7, 11) is 3.03. The first kappa shape index (κ1) is 12.9. The van der Waals surface area contributed by atoms with E-state index in [-0.39, 0.29) is 11.8 Å². The molecule has 1 heterocycles. The first-order chi connectivity index (χ1) is 9.26. The number of para-hydroxylation sites is 2. The molecule has 0 saturated heterocycles. The second-order valence-electron chi connectivity index (χ2n) is 3.71. The number of rotatable bonds is 4. The van der Waals surface area contributed by atoms with Gasteiger partial charge >= 0.3 is 0 Å². The Kier molecular flexibility index (Phi) is 3.97. The highest BCUT2D eigenvalue weighted by molar-refractivity contribution is 6.06. The predicted molar refractivity (Wildman–Crippen MR) is 71.7 cm³/mol. The molecule has 0 aliphatic rings. The Morgan fingerprint density at radius 3 is 2.63 bits per heavy atom. The molecule has 0 saturated carbocycles. The first-order valence-corrected chi connectivity index (χ1v) is 5.69. The lowest BCUT2D eigenvalue weighted by Gasteiger charge is -2.11. The van der Waals surface area contributed by atoms with Gasteiger partial charge in [-0.25, -0.2) is 4.98 Å². The van der Waals surface area contributed by atoms with Crippen molar-refractivity contribution < 1.29 is 14.3 Å². The number of nitrogens with zero attached hydrogens (tertiary/aromatic N) is 1. The molecule has 0 atom stereocenters. The SMILES string of the molecule is COc1ccccc1NC(=O)c1cccnc1OC. The van der Waals surface area contributed by atoms with Gasteiger partial charge in [-0.15, -0.1) is 0 Å². The van der Waals surface area contributed by atoms with Crippen molar-refractivity contribution in [3.8, 4) is 11.6 Å². The van der Waals surface area contributed by atoms with Crippen molar-refractivity contribution in [2.45, 2.75) is 0 Å². The maximum atomic E-state index is 12.2. The van der Waals surface area contributed by atoms with Crippen LogP contribution in [0.15, 0.2) is 42.6 Å². The number of nitrogens with one attached hydrogen (secondary N) is 1. The molecule has 19 heavy (non-hydrogen) atoms. The lowest BCUT2D eigenvalue weighted by molar-refractivity contribution is 0.102. The number of hydrogen-bond donors (Lipinski definition) is 1. The molecule has 1 N–H and O–H groups in total. The maximum Gasteiger partial charge on any atom is 0.261 e. The number of aromatic nitrogens is 1. The van der Waals surface area contributed by atoms with Gasteiger partial charge in [0, 0.05) is 6.20 Å². The van der Waals surface area contributed by atoms with Crippen molar-refractivity contribution in [2.24, 2.45) is 0 Å². The Balaban J connectivity index is 2.26. The van der Waals surface area contributed by atoms with Crippen molar-refractivity contribution in [3.63, 3.8) is 0 Å². The molecule has 2 aromatic rings. The topological polar surface area (TPSA) is 60.5 Å². The summed E-state index contributed by atoms with van der Waals surface area (Å²) in [6.07, 6.45) is 1.57. The fourth-order valence-electron chi connectivity index (χ4n) is 1.66. The summed E-state index contributed by atoms with van der Waals surface area (Å²) in [5.41, 5.74) is 0.969. The molecular formula is C14H14N2O3. The Hall–Kier alpha value is -2.56. The highest BCUT2D eigenvalue weighted by Gasteiger charge is 2.14. The van der Waals surface area contributed by atoms with Crippen LogP contribution in [-0.4, -0.2) is 25.1 Å². The van der Waals surface area contributed by atoms with Gasteiger partial charge in [-0.1, -0.05) is 12.1 Å². The minimum absolute atomic E-state index is 0.287. The van der Waals surface area contributed by atoms with Gasteiger partial charge in [0.2, 0.25) is 5.88 Å². The van der Waals surface area contributed by atoms with E-state index in [1.807, 2.05) is 12.1 Å². The molecule has 1 aromatic heterocycles. The summed E-state index contributed by atoms with van der Waals surface area (Å²) < 4.78 is 10.2. The summed E-state index contributed by atoms with van der Waals surface area (Å²) in [5.74, 6) is 0.586. The molecule has 1 amide bonds. The van der Waals surface area contributed by atoms with E-state index in [2.05, 4.69) is 10.3 Å². The lowest BCUT2D eigenvalue weighted by Crippen LogP contribution is -2.14. The van der Waals surface area contributed by atoms with Crippen molar-refractivity contribution >= 4 is 11.6 Å². The third kappa shape index (κ3) is 2.82. The number of ether oxygens (including phenoxy) is 2. The number of amides is 1. The molecule has 0 radical (unpaired) electrons. The van der Waals surface area contributed by atoms with Crippen LogP contribution in [0.1, 0.15) is 10.4 Å². The van der Waals surface area contributed by atoms with Crippen LogP contribution in [0.5, 0.6) is 11.6 Å². The molecule has 5 nitrogen and oxygen atoms in total. The Labute approximate surface area is 111 Å². The highest BCUT2D eigenvalue weighted by Crippen LogP contribution is 2.24. The largest absolute Gasteiger partial charge is 0.495 e. The fraction of sp³-hybridized carbons (Fsp3) is 0.143. The number of anilines is 1. The lowest BCUT2D eigenvalue weighted by atomic mass is 10.2. The molecule has 2 rings (SSSR count). The van der Waals surface area contributed by atoms with E-state index in [0.29, 0.717) is 17.0 Å². The third-order valence-electron chi connectivity index (χ3n) is 2.56. The molecule has 0 aliphatic carbocycles. The van der Waals surface area contributed by atoms with E-state index in [1.54, 1.807) is 37.6 Å². The standard InChI is InChI=1S/C14H14N2O3/c1-18-12-8-4-3-7-11(12)16-13(17)10-6-5-9-15-14(10)19-2/h3-9H,1-2H3,(H,16,17). The van der Waals surface area contributed by atoms with Gasteiger partial charge in [0.25, 0.3) is 5.91 Å². The highest BCUT2D eigenvalue weighted by atomic mass is 16.5. The Morgan fingerprint density at radius 2 is 1.89 bits per heavy atom. The molecular weight excluding hydrogens is 244 g/mol. The fourth-order valence-corrected chi connectivity index (χ4v) is 1.66. The number of hydrogen-bond acceptors (Lipinski definition) is 4. The quantitative estimate of drug-likeness (QED) is 0.914. The molecule has 98 valence electrons. The minimum Gasteiger partial charge on any atom is -0.495 e. The summed E-state index contributed by atoms with van der Waals surface area (Å²) >= 11 is 0. The van der Waals surface area contributed by atoms with Crippen LogP contribution in [0.4, 0.5) is 5.69 Å². The molecule has 0 bridgehead atoms. The van der Waals surface area contributed by atoms with E-state index in [9.17, 15) is 4.79 Å². The van der Waals surface area contributed by atoms with Gasteiger partial charge in [-0.3, -0.25) is 4.79 Å². The maximum absolute atomic E-state index is 12.2. The summed E-state index contributed by atoms with van der Waals surface area (Å²) in [6, 6.07) is 10.5. The summed E-state index contributed by atoms with van der Waals surface area (Å²) in [6.45, 7) is 0. The van der Waals surface area contributed by atoms with Gasteiger partial charge in [-0.2, -0.15) is 0 Å². The molecule has 0 aliphatic heterocycles. The number of methoxy groups -OCH3 is 2. The van der Waals surface area contributed by atoms with Crippen LogP contribution in [0.3, 0.4) is 0 Å². The van der Waals surface area contributed by atoms with Gasteiger partial charge in [0.05, 0.1) is 19.9 Å². The average Bonchev–Trinajstić information content (AvgIpc) is 2.47. The number of benzene rings is 1. The van der Waals surface area contributed by atoms with Crippen molar-refractivity contribution in [1.82, 2.24) is 4.98 Å². The second kappa shape index (κ2) is 5.86. The van der Waals surface area contributed by atoms with E-state index in [0.717, 1.165) is 0 Å². The molecule has 5 heteroatoms. The Bertz CT molecular complexity index is 584. The van der Waals surface area contributed by atoms with E-state index < -0.39 is 0 Å². The van der Waals surface area contributed by atoms with Crippen LogP contribution >= 0.6 is 0 Å². The van der Waals surface area contributed by atoms with E-state index in [4.69, 9.17) is 9.47 Å². The van der Waals surface area contributed by atoms with Gasteiger partial charge in [0.15, 0.2) is 0 Å². The Morgan fingerprint density at radius 1 is 1.11 bits per heavy atom. The van der Waals surface area contributed by atoms with E-state index in [1.165, 1.54) is 7.11 Å². The molecule has 1 aromatic carbocycles. The summed E-state index contributed by atoms with van der Waals surface area (Å²) in [4.78, 5) is 16.2. The van der Waals surface area contributed by atoms with Crippen LogP contribution in [0.25, 0.3) is 0 Å². The summed E-state index contributed by atoms with van der Waals surface area (Å²) in [5, 5.41) is 2.77. The van der Waals surface area contributed by atoms with Crippen LogP contribution in [0, 0.1) is 0 Å². The zero-order valence-corrected chi connectivity index (χ0v) is 10.7. The minimum atomic E-state index is -0.297. The van der Waals surface area contributed by atoms with Gasteiger partial charge in [-0.05, 0) is 24.3 Å². The number of pyridine rings is 1. The van der Waals surface area contributed by atoms with Crippen molar-refractivity contribution in [3.05, 3.63) is 48.2 Å². The van der Waals surface area contributed by atoms with Gasteiger partial charge in [0.1, 0.15) is 11.3 Å². The zero-order valence-electron chi connectivity index (χ0n) is 10.7. The molecule has 0 fully saturated rings. The smallest absolute Gasteiger partial charge is 0.261 e. The number of carbonyl (C=O) groups excluding carboxylic acids is 1. The van der Waals surface area contributed by atoms with Gasteiger partial charge < -0.3 is 14.8 Å². The predicted octanol–water partition coefficient (Wildman–Crippen LogP) is 2.35. The van der Waals surface area contributed by atoms with Crippen molar-refractivity contribution in [2.75, 3.05) is 19.5 Å². The normalized spacial score (nSPS) is 9.79. The number of carbonyl (C=O) groups is 1.